The molecule has 1 aliphatic heterocycles. The minimum atomic E-state index is -0.908. The van der Waals surface area contributed by atoms with Crippen LogP contribution >= 0.6 is 0 Å². The van der Waals surface area contributed by atoms with Gasteiger partial charge in [0.15, 0.2) is 0 Å². The Morgan fingerprint density at radius 2 is 2.04 bits per heavy atom. The first-order valence-electron chi connectivity index (χ1n) is 9.18. The molecule has 28 heavy (non-hydrogen) atoms. The number of halogens is 1. The quantitative estimate of drug-likeness (QED) is 0.594. The van der Waals surface area contributed by atoms with Crippen molar-refractivity contribution >= 4 is 17.8 Å². The molecular formula is C19H26FN3O5. The van der Waals surface area contributed by atoms with E-state index in [1.165, 1.54) is 24.3 Å². The van der Waals surface area contributed by atoms with Crippen molar-refractivity contribution in [1.29, 1.82) is 0 Å². The van der Waals surface area contributed by atoms with E-state index in [0.717, 1.165) is 0 Å². The number of amides is 2. The number of rotatable bonds is 9. The highest BCUT2D eigenvalue weighted by atomic mass is 19.1. The Morgan fingerprint density at radius 1 is 1.32 bits per heavy atom. The summed E-state index contributed by atoms with van der Waals surface area (Å²) in [6.07, 6.45) is 0.564. The van der Waals surface area contributed by atoms with Crippen molar-refractivity contribution in [2.75, 3.05) is 46.4 Å². The number of carbonyl (C=O) groups excluding carboxylic acids is 2. The number of carboxylic acid groups (broad SMARTS) is 1. The molecule has 2 rings (SSSR count). The first kappa shape index (κ1) is 21.8. The molecule has 154 valence electrons. The SMILES string of the molecule is CN(CC(=O)O)CC1CN(C(=O)CCCNC(=O)c2ccc(F)cc2)CCO1. The average molecular weight is 395 g/mol. The fraction of sp³-hybridized carbons (Fsp3) is 0.526. The van der Waals surface area contributed by atoms with Gasteiger partial charge in [0.25, 0.3) is 5.91 Å². The first-order chi connectivity index (χ1) is 13.3. The first-order valence-corrected chi connectivity index (χ1v) is 9.18. The van der Waals surface area contributed by atoms with Crippen molar-refractivity contribution in [3.8, 4) is 0 Å². The molecule has 0 spiro atoms. The van der Waals surface area contributed by atoms with Crippen LogP contribution in [0.25, 0.3) is 0 Å². The minimum Gasteiger partial charge on any atom is -0.480 e. The maximum atomic E-state index is 12.9. The number of benzene rings is 1. The number of hydrogen-bond donors (Lipinski definition) is 2. The van der Waals surface area contributed by atoms with Crippen LogP contribution in [0.2, 0.25) is 0 Å². The summed E-state index contributed by atoms with van der Waals surface area (Å²) < 4.78 is 18.5. The predicted octanol–water partition coefficient (Wildman–Crippen LogP) is 0.580. The molecule has 1 aliphatic rings. The van der Waals surface area contributed by atoms with Crippen LogP contribution in [0.5, 0.6) is 0 Å². The van der Waals surface area contributed by atoms with E-state index in [0.29, 0.717) is 51.2 Å². The van der Waals surface area contributed by atoms with Crippen LogP contribution in [0.1, 0.15) is 23.2 Å². The lowest BCUT2D eigenvalue weighted by atomic mass is 10.2. The molecule has 2 amide bonds. The normalized spacial score (nSPS) is 16.8. The number of carbonyl (C=O) groups is 3. The summed E-state index contributed by atoms with van der Waals surface area (Å²) in [5.74, 6) is -1.64. The van der Waals surface area contributed by atoms with Gasteiger partial charge in [-0.1, -0.05) is 0 Å². The highest BCUT2D eigenvalue weighted by Gasteiger charge is 2.25. The van der Waals surface area contributed by atoms with Crippen molar-refractivity contribution in [2.24, 2.45) is 0 Å². The van der Waals surface area contributed by atoms with Crippen molar-refractivity contribution in [1.82, 2.24) is 15.1 Å². The summed E-state index contributed by atoms with van der Waals surface area (Å²) in [6.45, 7) is 2.03. The third kappa shape index (κ3) is 7.24. The van der Waals surface area contributed by atoms with Crippen molar-refractivity contribution < 1.29 is 28.6 Å². The molecule has 1 atom stereocenters. The molecule has 1 unspecified atom stereocenters. The number of hydrogen-bond acceptors (Lipinski definition) is 5. The van der Waals surface area contributed by atoms with E-state index in [-0.39, 0.29) is 24.5 Å². The molecule has 1 aromatic rings. The van der Waals surface area contributed by atoms with Gasteiger partial charge in [-0.2, -0.15) is 0 Å². The second kappa shape index (κ2) is 10.7. The fourth-order valence-corrected chi connectivity index (χ4v) is 3.00. The van der Waals surface area contributed by atoms with Crippen molar-refractivity contribution in [2.45, 2.75) is 18.9 Å². The molecule has 1 heterocycles. The van der Waals surface area contributed by atoms with Crippen LogP contribution < -0.4 is 5.32 Å². The molecule has 0 aromatic heterocycles. The van der Waals surface area contributed by atoms with Gasteiger partial charge < -0.3 is 20.1 Å². The Kier molecular flexibility index (Phi) is 8.34. The van der Waals surface area contributed by atoms with E-state index >= 15 is 0 Å². The highest BCUT2D eigenvalue weighted by Crippen LogP contribution is 2.09. The van der Waals surface area contributed by atoms with Crippen LogP contribution in [-0.2, 0) is 14.3 Å². The molecule has 0 radical (unpaired) electrons. The van der Waals surface area contributed by atoms with E-state index in [2.05, 4.69) is 5.32 Å². The zero-order chi connectivity index (χ0) is 20.5. The van der Waals surface area contributed by atoms with Gasteiger partial charge in [0.1, 0.15) is 5.82 Å². The Labute approximate surface area is 163 Å². The van der Waals surface area contributed by atoms with Gasteiger partial charge in [-0.25, -0.2) is 4.39 Å². The van der Waals surface area contributed by atoms with Crippen molar-refractivity contribution in [3.63, 3.8) is 0 Å². The number of likely N-dealkylation sites (N-methyl/N-ethyl adjacent to an activating group) is 1. The standard InChI is InChI=1S/C19H26FN3O5/c1-22(13-18(25)26)11-16-12-23(9-10-28-16)17(24)3-2-8-21-19(27)14-4-6-15(20)7-5-14/h4-7,16H,2-3,8-13H2,1H3,(H,21,27)(H,25,26). The lowest BCUT2D eigenvalue weighted by Gasteiger charge is -2.34. The summed E-state index contributed by atoms with van der Waals surface area (Å²) in [5.41, 5.74) is 0.370. The van der Waals surface area contributed by atoms with Gasteiger partial charge in [0, 0.05) is 38.2 Å². The molecule has 8 nitrogen and oxygen atoms in total. The molecule has 1 saturated heterocycles. The Morgan fingerprint density at radius 3 is 2.71 bits per heavy atom. The topological polar surface area (TPSA) is 99.2 Å². The summed E-state index contributed by atoms with van der Waals surface area (Å²) in [6, 6.07) is 5.26. The largest absolute Gasteiger partial charge is 0.480 e. The van der Waals surface area contributed by atoms with Gasteiger partial charge in [-0.3, -0.25) is 19.3 Å². The second-order valence-corrected chi connectivity index (χ2v) is 6.79. The zero-order valence-corrected chi connectivity index (χ0v) is 15.9. The lowest BCUT2D eigenvalue weighted by molar-refractivity contribution is -0.142. The summed E-state index contributed by atoms with van der Waals surface area (Å²) in [4.78, 5) is 38.4. The summed E-state index contributed by atoms with van der Waals surface area (Å²) in [7, 11) is 1.70. The lowest BCUT2D eigenvalue weighted by Crippen LogP contribution is -2.49. The van der Waals surface area contributed by atoms with Crippen LogP contribution in [-0.4, -0.2) is 85.2 Å². The van der Waals surface area contributed by atoms with Gasteiger partial charge >= 0.3 is 5.97 Å². The molecule has 0 aliphatic carbocycles. The van der Waals surface area contributed by atoms with Gasteiger partial charge in [-0.15, -0.1) is 0 Å². The maximum Gasteiger partial charge on any atom is 0.317 e. The fourth-order valence-electron chi connectivity index (χ4n) is 3.00. The van der Waals surface area contributed by atoms with Crippen LogP contribution in [0, 0.1) is 5.82 Å². The number of carboxylic acids is 1. The molecule has 1 aromatic carbocycles. The number of aliphatic carboxylic acids is 1. The maximum absolute atomic E-state index is 12.9. The molecule has 0 saturated carbocycles. The monoisotopic (exact) mass is 395 g/mol. The third-order valence-corrected chi connectivity index (χ3v) is 4.37. The second-order valence-electron chi connectivity index (χ2n) is 6.79. The smallest absolute Gasteiger partial charge is 0.317 e. The highest BCUT2D eigenvalue weighted by molar-refractivity contribution is 5.94. The zero-order valence-electron chi connectivity index (χ0n) is 15.9. The third-order valence-electron chi connectivity index (χ3n) is 4.37. The van der Waals surface area contributed by atoms with Crippen LogP contribution in [0.3, 0.4) is 0 Å². The molecular weight excluding hydrogens is 369 g/mol. The number of morpholine rings is 1. The van der Waals surface area contributed by atoms with Crippen molar-refractivity contribution in [3.05, 3.63) is 35.6 Å². The van der Waals surface area contributed by atoms with Crippen LogP contribution in [0.15, 0.2) is 24.3 Å². The van der Waals surface area contributed by atoms with E-state index in [1.54, 1.807) is 16.8 Å². The van der Waals surface area contributed by atoms with Gasteiger partial charge in [0.2, 0.25) is 5.91 Å². The Hall–Kier alpha value is -2.52. The van der Waals surface area contributed by atoms with E-state index < -0.39 is 11.8 Å². The Bertz CT molecular complexity index is 683. The summed E-state index contributed by atoms with van der Waals surface area (Å²) in [5, 5.41) is 11.5. The molecule has 0 bridgehead atoms. The molecule has 2 N–H and O–H groups in total. The molecule has 9 heteroatoms. The number of nitrogens with zero attached hydrogens (tertiary/aromatic N) is 2. The Balaban J connectivity index is 1.68. The van der Waals surface area contributed by atoms with Gasteiger partial charge in [-0.05, 0) is 37.7 Å². The number of nitrogens with one attached hydrogen (secondary N) is 1. The predicted molar refractivity (Wildman–Crippen MR) is 99.4 cm³/mol. The number of ether oxygens (including phenoxy) is 1. The molecule has 1 fully saturated rings. The summed E-state index contributed by atoms with van der Waals surface area (Å²) >= 11 is 0. The average Bonchev–Trinajstić information content (AvgIpc) is 2.65. The van der Waals surface area contributed by atoms with Crippen LogP contribution in [0.4, 0.5) is 4.39 Å². The minimum absolute atomic E-state index is 0.0229. The van der Waals surface area contributed by atoms with E-state index in [9.17, 15) is 18.8 Å². The van der Waals surface area contributed by atoms with Gasteiger partial charge in [0.05, 0.1) is 19.3 Å². The van der Waals surface area contributed by atoms with E-state index in [1.807, 2.05) is 0 Å². The van der Waals surface area contributed by atoms with E-state index in [4.69, 9.17) is 9.84 Å².